The van der Waals surface area contributed by atoms with Crippen molar-refractivity contribution in [1.29, 1.82) is 0 Å². The van der Waals surface area contributed by atoms with Gasteiger partial charge in [-0.3, -0.25) is 4.31 Å². The first kappa shape index (κ1) is 25.4. The van der Waals surface area contributed by atoms with Crippen LogP contribution in [0.5, 0.6) is 5.75 Å². The lowest BCUT2D eigenvalue weighted by molar-refractivity contribution is -0.148. The van der Waals surface area contributed by atoms with Gasteiger partial charge >= 0.3 is 18.3 Å². The molecular weight excluding hydrogens is 454 g/mol. The molecule has 2 rings (SSSR count). The van der Waals surface area contributed by atoms with Crippen LogP contribution in [0.3, 0.4) is 0 Å². The highest BCUT2D eigenvalue weighted by atomic mass is 32.2. The van der Waals surface area contributed by atoms with Crippen molar-refractivity contribution in [2.24, 2.45) is 0 Å². The Bertz CT molecular complexity index is 1070. The van der Waals surface area contributed by atoms with Crippen LogP contribution in [0.25, 0.3) is 0 Å². The lowest BCUT2D eigenvalue weighted by Crippen LogP contribution is -2.33. The van der Waals surface area contributed by atoms with Crippen molar-refractivity contribution in [1.82, 2.24) is 0 Å². The van der Waals surface area contributed by atoms with Crippen LogP contribution in [0.1, 0.15) is 28.4 Å². The predicted octanol–water partition coefficient (Wildman–Crippen LogP) is 4.58. The first-order chi connectivity index (χ1) is 14.8. The Hall–Kier alpha value is -2.82. The summed E-state index contributed by atoms with van der Waals surface area (Å²) in [5.74, 6) is -5.10. The van der Waals surface area contributed by atoms with Gasteiger partial charge in [0.1, 0.15) is 5.75 Å². The van der Waals surface area contributed by atoms with Crippen LogP contribution >= 0.6 is 0 Å². The number of ether oxygens (including phenoxy) is 2. The largest absolute Gasteiger partial charge is 0.487 e. The van der Waals surface area contributed by atoms with Crippen LogP contribution in [0, 0.1) is 13.8 Å². The fourth-order valence-corrected chi connectivity index (χ4v) is 4.45. The number of halogens is 4. The molecule has 32 heavy (non-hydrogen) atoms. The second-order valence-electron chi connectivity index (χ2n) is 6.92. The van der Waals surface area contributed by atoms with E-state index >= 15 is 0 Å². The fraction of sp³-hybridized carbons (Fsp3) is 0.381. The lowest BCUT2D eigenvalue weighted by atomic mass is 10.0. The second kappa shape index (κ2) is 9.76. The zero-order valence-electron chi connectivity index (χ0n) is 17.9. The smallest absolute Gasteiger partial charge is 0.340 e. The summed E-state index contributed by atoms with van der Waals surface area (Å²) < 4.78 is 87.5. The van der Waals surface area contributed by atoms with Crippen molar-refractivity contribution < 1.29 is 40.2 Å². The molecule has 0 aliphatic carbocycles. The maximum atomic E-state index is 13.3. The Morgan fingerprint density at radius 3 is 2.22 bits per heavy atom. The molecule has 11 heteroatoms. The molecule has 0 bridgehead atoms. The molecule has 0 saturated heterocycles. The highest BCUT2D eigenvalue weighted by Gasteiger charge is 2.41. The monoisotopic (exact) mass is 477 g/mol. The number of carbonyl (C=O) groups is 1. The number of alkyl halides is 4. The van der Waals surface area contributed by atoms with Gasteiger partial charge in [-0.1, -0.05) is 0 Å². The SMILES string of the molecule is CCN(c1ccc(OCC(F)(F)C(F)F)cc1)S(=O)(=O)c1cc(C)c(C)c(C(=O)OC)c1. The lowest BCUT2D eigenvalue weighted by Gasteiger charge is -2.24. The quantitative estimate of drug-likeness (QED) is 0.390. The average molecular weight is 477 g/mol. The highest BCUT2D eigenvalue weighted by molar-refractivity contribution is 7.92. The van der Waals surface area contributed by atoms with Gasteiger partial charge in [-0.05, 0) is 68.3 Å². The van der Waals surface area contributed by atoms with E-state index < -0.39 is 34.9 Å². The summed E-state index contributed by atoms with van der Waals surface area (Å²) in [6.07, 6.45) is -3.87. The molecule has 176 valence electrons. The van der Waals surface area contributed by atoms with E-state index in [1.807, 2.05) is 0 Å². The fourth-order valence-electron chi connectivity index (χ4n) is 2.87. The van der Waals surface area contributed by atoms with Gasteiger partial charge in [0.05, 0.1) is 23.3 Å². The number of nitrogens with zero attached hydrogens (tertiary/aromatic N) is 1. The molecule has 0 spiro atoms. The van der Waals surface area contributed by atoms with Gasteiger partial charge in [-0.25, -0.2) is 22.0 Å². The van der Waals surface area contributed by atoms with Crippen molar-refractivity contribution in [3.05, 3.63) is 53.1 Å². The number of aryl methyl sites for hydroxylation is 1. The van der Waals surface area contributed by atoms with Gasteiger partial charge in [0.2, 0.25) is 0 Å². The number of hydrogen-bond acceptors (Lipinski definition) is 5. The first-order valence-corrected chi connectivity index (χ1v) is 10.9. The number of methoxy groups -OCH3 is 1. The zero-order chi connectivity index (χ0) is 24.3. The third-order valence-corrected chi connectivity index (χ3v) is 6.68. The van der Waals surface area contributed by atoms with E-state index in [4.69, 9.17) is 9.47 Å². The minimum absolute atomic E-state index is 0.0203. The van der Waals surface area contributed by atoms with Gasteiger partial charge < -0.3 is 9.47 Å². The van der Waals surface area contributed by atoms with Crippen molar-refractivity contribution in [3.63, 3.8) is 0 Å². The molecule has 0 heterocycles. The Kier molecular flexibility index (Phi) is 7.76. The molecule has 0 aliphatic heterocycles. The molecule has 0 N–H and O–H groups in total. The van der Waals surface area contributed by atoms with Crippen LogP contribution < -0.4 is 9.04 Å². The van der Waals surface area contributed by atoms with E-state index in [-0.39, 0.29) is 28.4 Å². The van der Waals surface area contributed by atoms with Gasteiger partial charge in [-0.2, -0.15) is 8.78 Å². The molecule has 0 unspecified atom stereocenters. The normalized spacial score (nSPS) is 12.0. The predicted molar refractivity (Wildman–Crippen MR) is 110 cm³/mol. The van der Waals surface area contributed by atoms with Crippen molar-refractivity contribution in [2.45, 2.75) is 38.0 Å². The van der Waals surface area contributed by atoms with E-state index in [0.29, 0.717) is 11.1 Å². The number of sulfonamides is 1. The minimum Gasteiger partial charge on any atom is -0.487 e. The molecule has 0 aliphatic rings. The van der Waals surface area contributed by atoms with E-state index in [0.717, 1.165) is 4.31 Å². The van der Waals surface area contributed by atoms with E-state index in [1.165, 1.54) is 43.5 Å². The summed E-state index contributed by atoms with van der Waals surface area (Å²) in [7, 11) is -2.91. The Morgan fingerprint density at radius 2 is 1.72 bits per heavy atom. The van der Waals surface area contributed by atoms with Crippen LogP contribution in [-0.4, -0.2) is 47.0 Å². The third kappa shape index (κ3) is 5.32. The maximum Gasteiger partial charge on any atom is 0.340 e. The Morgan fingerprint density at radius 1 is 1.12 bits per heavy atom. The van der Waals surface area contributed by atoms with Gasteiger partial charge in [0.15, 0.2) is 6.61 Å². The third-order valence-electron chi connectivity index (χ3n) is 4.80. The molecule has 0 radical (unpaired) electrons. The Balaban J connectivity index is 2.35. The molecule has 0 amide bonds. The number of benzene rings is 2. The maximum absolute atomic E-state index is 13.3. The van der Waals surface area contributed by atoms with E-state index in [1.54, 1.807) is 20.8 Å². The second-order valence-corrected chi connectivity index (χ2v) is 8.78. The molecule has 0 fully saturated rings. The van der Waals surface area contributed by atoms with Crippen LogP contribution in [0.15, 0.2) is 41.3 Å². The van der Waals surface area contributed by atoms with Crippen molar-refractivity contribution in [3.8, 4) is 5.75 Å². The zero-order valence-corrected chi connectivity index (χ0v) is 18.7. The molecule has 6 nitrogen and oxygen atoms in total. The summed E-state index contributed by atoms with van der Waals surface area (Å²) in [5.41, 5.74) is 1.47. The summed E-state index contributed by atoms with van der Waals surface area (Å²) in [6.45, 7) is 3.43. The van der Waals surface area contributed by atoms with E-state index in [9.17, 15) is 30.8 Å². The topological polar surface area (TPSA) is 72.9 Å². The molecule has 0 atom stereocenters. The molecule has 2 aromatic carbocycles. The first-order valence-electron chi connectivity index (χ1n) is 9.46. The number of carbonyl (C=O) groups excluding carboxylic acids is 1. The van der Waals surface area contributed by atoms with Crippen molar-refractivity contribution in [2.75, 3.05) is 24.6 Å². The molecule has 0 aromatic heterocycles. The van der Waals surface area contributed by atoms with Gasteiger partial charge in [0, 0.05) is 6.54 Å². The molecular formula is C21H23F4NO5S. The number of rotatable bonds is 9. The summed E-state index contributed by atoms with van der Waals surface area (Å²) in [5, 5.41) is 0. The van der Waals surface area contributed by atoms with E-state index in [2.05, 4.69) is 0 Å². The van der Waals surface area contributed by atoms with Gasteiger partial charge in [-0.15, -0.1) is 0 Å². The summed E-state index contributed by atoms with van der Waals surface area (Å²) in [6, 6.07) is 7.68. The standard InChI is InChI=1S/C21H23F4NO5S/c1-5-26(15-6-8-16(9-7-15)31-12-21(24,25)20(22)23)32(28,29)17-10-13(2)14(3)18(11-17)19(27)30-4/h6-11,20H,5,12H2,1-4H3. The van der Waals surface area contributed by atoms with Crippen LogP contribution in [0.4, 0.5) is 23.2 Å². The number of esters is 1. The summed E-state index contributed by atoms with van der Waals surface area (Å²) >= 11 is 0. The Labute approximate surface area is 183 Å². The van der Waals surface area contributed by atoms with Gasteiger partial charge in [0.25, 0.3) is 10.0 Å². The number of anilines is 1. The molecule has 2 aromatic rings. The van der Waals surface area contributed by atoms with Crippen molar-refractivity contribution >= 4 is 21.7 Å². The summed E-state index contributed by atoms with van der Waals surface area (Å²) in [4.78, 5) is 11.9. The van der Waals surface area contributed by atoms with Crippen LogP contribution in [-0.2, 0) is 14.8 Å². The average Bonchev–Trinajstić information content (AvgIpc) is 2.74. The number of hydrogen-bond donors (Lipinski definition) is 0. The molecule has 0 saturated carbocycles. The minimum atomic E-state index is -4.31. The highest BCUT2D eigenvalue weighted by Crippen LogP contribution is 2.29. The van der Waals surface area contributed by atoms with Crippen LogP contribution in [0.2, 0.25) is 0 Å².